The molecule has 0 aromatic heterocycles. The minimum Gasteiger partial charge on any atom is -0.505 e. The Morgan fingerprint density at radius 2 is 1.65 bits per heavy atom. The van der Waals surface area contributed by atoms with Gasteiger partial charge in [0.25, 0.3) is 5.91 Å². The van der Waals surface area contributed by atoms with Crippen LogP contribution in [0.3, 0.4) is 0 Å². The summed E-state index contributed by atoms with van der Waals surface area (Å²) in [7, 11) is -2.98. The van der Waals surface area contributed by atoms with Gasteiger partial charge in [-0.3, -0.25) is 9.52 Å². The van der Waals surface area contributed by atoms with Crippen molar-refractivity contribution in [2.45, 2.75) is 46.5 Å². The van der Waals surface area contributed by atoms with Crippen LogP contribution in [0, 0.1) is 0 Å². The highest BCUT2D eigenvalue weighted by Crippen LogP contribution is 2.44. The van der Waals surface area contributed by atoms with Gasteiger partial charge in [0, 0.05) is 30.1 Å². The van der Waals surface area contributed by atoms with Crippen LogP contribution in [-0.2, 0) is 10.9 Å². The van der Waals surface area contributed by atoms with Gasteiger partial charge in [-0.05, 0) is 49.1 Å². The molecule has 0 radical (unpaired) electrons. The molecule has 0 aliphatic heterocycles. The van der Waals surface area contributed by atoms with Gasteiger partial charge in [-0.25, -0.2) is 8.42 Å². The molecule has 1 atom stereocenters. The average Bonchev–Trinajstić information content (AvgIpc) is 2.71. The van der Waals surface area contributed by atoms with Gasteiger partial charge in [-0.2, -0.15) is 0 Å². The van der Waals surface area contributed by atoms with Gasteiger partial charge in [-0.15, -0.1) is 0 Å². The number of hydrogen-bond donors (Lipinski definition) is 3. The van der Waals surface area contributed by atoms with Crippen molar-refractivity contribution < 1.29 is 18.3 Å². The molecule has 0 saturated carbocycles. The van der Waals surface area contributed by atoms with E-state index in [1.54, 1.807) is 11.0 Å². The topological polar surface area (TPSA) is 86.7 Å². The van der Waals surface area contributed by atoms with E-state index >= 15 is 0 Å². The number of benzene rings is 2. The van der Waals surface area contributed by atoms with E-state index < -0.39 is 16.8 Å². The van der Waals surface area contributed by atoms with Crippen molar-refractivity contribution in [1.29, 1.82) is 0 Å². The molecule has 31 heavy (non-hydrogen) atoms. The van der Waals surface area contributed by atoms with Crippen LogP contribution < -0.4 is 4.72 Å². The molecule has 1 unspecified atom stereocenters. The van der Waals surface area contributed by atoms with Gasteiger partial charge < -0.3 is 10.0 Å². The molecule has 0 aliphatic carbocycles. The summed E-state index contributed by atoms with van der Waals surface area (Å²) >= 11 is 12.4. The quantitative estimate of drug-likeness (QED) is 0.344. The molecular weight excluding hydrogens is 459 g/mol. The summed E-state index contributed by atoms with van der Waals surface area (Å²) in [5, 5.41) is 10.2. The minimum absolute atomic E-state index is 0.0362. The Morgan fingerprint density at radius 1 is 1.06 bits per heavy atom. The van der Waals surface area contributed by atoms with E-state index in [-0.39, 0.29) is 33.3 Å². The second-order valence-corrected chi connectivity index (χ2v) is 9.12. The van der Waals surface area contributed by atoms with E-state index in [2.05, 4.69) is 4.72 Å². The first-order chi connectivity index (χ1) is 14.5. The fraction of sp³-hybridized carbons (Fsp3) is 0.409. The summed E-state index contributed by atoms with van der Waals surface area (Å²) in [5.41, 5.74) is 2.86. The molecule has 9 heteroatoms. The van der Waals surface area contributed by atoms with E-state index in [9.17, 15) is 18.3 Å². The minimum atomic E-state index is -2.98. The molecule has 2 aromatic rings. The van der Waals surface area contributed by atoms with Gasteiger partial charge in [0.2, 0.25) is 10.9 Å². The van der Waals surface area contributed by atoms with Crippen molar-refractivity contribution in [2.75, 3.05) is 17.8 Å². The zero-order chi connectivity index (χ0) is 23.5. The Kier molecular flexibility index (Phi) is 8.63. The standard InChI is InChI=1S/C22H28Cl2N2O4S/c1-6-26(7-2)22(28)16-9-14(12(3)4)8-15(10-16)13(5)19-18(25-31(29)30)11-17(23)21(27)20(19)24/h8-13,27,31H,6-7H2,1-5H3,(H,25,29,30). The number of hydrogen-bond acceptors (Lipinski definition) is 4. The Bertz CT molecular complexity index is 1040. The molecule has 2 rings (SSSR count). The summed E-state index contributed by atoms with van der Waals surface area (Å²) in [4.78, 5) is 14.8. The Labute approximate surface area is 195 Å². The van der Waals surface area contributed by atoms with Gasteiger partial charge in [0.1, 0.15) is 0 Å². The molecule has 1 amide bonds. The summed E-state index contributed by atoms with van der Waals surface area (Å²) < 4.78 is 25.0. The third-order valence-electron chi connectivity index (χ3n) is 5.32. The molecule has 170 valence electrons. The maximum Gasteiger partial charge on any atom is 0.253 e. The monoisotopic (exact) mass is 486 g/mol. The molecule has 0 saturated heterocycles. The van der Waals surface area contributed by atoms with Crippen molar-refractivity contribution >= 4 is 45.7 Å². The van der Waals surface area contributed by atoms with Crippen molar-refractivity contribution in [2.24, 2.45) is 0 Å². The number of carbonyl (C=O) groups is 1. The van der Waals surface area contributed by atoms with Gasteiger partial charge >= 0.3 is 0 Å². The molecule has 6 nitrogen and oxygen atoms in total. The summed E-state index contributed by atoms with van der Waals surface area (Å²) in [6, 6.07) is 6.97. The lowest BCUT2D eigenvalue weighted by Crippen LogP contribution is -2.30. The van der Waals surface area contributed by atoms with Crippen molar-refractivity contribution in [1.82, 2.24) is 4.90 Å². The SMILES string of the molecule is CCN(CC)C(=O)c1cc(C(C)C)cc(C(C)c2c(N[SH](=O)=O)cc(Cl)c(O)c2Cl)c1. The largest absolute Gasteiger partial charge is 0.505 e. The molecule has 0 bridgehead atoms. The number of amides is 1. The number of nitrogens with one attached hydrogen (secondary N) is 1. The number of phenolic OH excluding ortho intramolecular Hbond substituents is 1. The molecule has 0 fully saturated rings. The predicted octanol–water partition coefficient (Wildman–Crippen LogP) is 5.39. The van der Waals surface area contributed by atoms with E-state index in [0.29, 0.717) is 24.2 Å². The normalized spacial score (nSPS) is 12.3. The van der Waals surface area contributed by atoms with Crippen molar-refractivity contribution in [3.05, 3.63) is 56.6 Å². The second kappa shape index (κ2) is 10.6. The zero-order valence-corrected chi connectivity index (χ0v) is 20.6. The maximum atomic E-state index is 13.0. The number of rotatable bonds is 8. The number of anilines is 1. The first kappa shape index (κ1) is 25.3. The Balaban J connectivity index is 2.71. The molecule has 2 N–H and O–H groups in total. The van der Waals surface area contributed by atoms with Crippen LogP contribution in [0.5, 0.6) is 5.75 Å². The third kappa shape index (κ3) is 5.64. The smallest absolute Gasteiger partial charge is 0.253 e. The molecule has 0 spiro atoms. The number of aromatic hydroxyl groups is 1. The van der Waals surface area contributed by atoms with Crippen LogP contribution in [0.2, 0.25) is 10.0 Å². The first-order valence-corrected chi connectivity index (χ1v) is 12.0. The predicted molar refractivity (Wildman–Crippen MR) is 127 cm³/mol. The number of phenols is 1. The third-order valence-corrected chi connectivity index (χ3v) is 6.41. The van der Waals surface area contributed by atoms with E-state index in [4.69, 9.17) is 23.2 Å². The second-order valence-electron chi connectivity index (χ2n) is 7.59. The van der Waals surface area contributed by atoms with Crippen LogP contribution in [0.4, 0.5) is 5.69 Å². The highest BCUT2D eigenvalue weighted by atomic mass is 35.5. The van der Waals surface area contributed by atoms with E-state index in [1.807, 2.05) is 46.8 Å². The molecule has 0 aliphatic rings. The van der Waals surface area contributed by atoms with Crippen LogP contribution >= 0.6 is 23.2 Å². The first-order valence-electron chi connectivity index (χ1n) is 10.1. The van der Waals surface area contributed by atoms with Crippen molar-refractivity contribution in [3.63, 3.8) is 0 Å². The van der Waals surface area contributed by atoms with Crippen molar-refractivity contribution in [3.8, 4) is 5.75 Å². The van der Waals surface area contributed by atoms with Gasteiger partial charge in [0.05, 0.1) is 15.7 Å². The Morgan fingerprint density at radius 3 is 2.16 bits per heavy atom. The lowest BCUT2D eigenvalue weighted by Gasteiger charge is -2.23. The summed E-state index contributed by atoms with van der Waals surface area (Å²) in [6.45, 7) is 10.9. The van der Waals surface area contributed by atoms with Crippen LogP contribution in [0.1, 0.15) is 73.5 Å². The number of carbonyl (C=O) groups excluding carboxylic acids is 1. The number of thiol groups is 1. The molecule has 2 aromatic carbocycles. The lowest BCUT2D eigenvalue weighted by atomic mass is 9.87. The number of nitrogens with zero attached hydrogens (tertiary/aromatic N) is 1. The Hall–Kier alpha value is -1.96. The lowest BCUT2D eigenvalue weighted by molar-refractivity contribution is 0.0772. The highest BCUT2D eigenvalue weighted by Gasteiger charge is 2.24. The fourth-order valence-corrected chi connectivity index (χ4v) is 4.48. The van der Waals surface area contributed by atoms with Crippen LogP contribution in [-0.4, -0.2) is 37.4 Å². The van der Waals surface area contributed by atoms with Crippen LogP contribution in [0.15, 0.2) is 24.3 Å². The zero-order valence-electron chi connectivity index (χ0n) is 18.2. The highest BCUT2D eigenvalue weighted by molar-refractivity contribution is 7.73. The average molecular weight is 487 g/mol. The fourth-order valence-electron chi connectivity index (χ4n) is 3.48. The summed E-state index contributed by atoms with van der Waals surface area (Å²) in [5.74, 6) is -0.670. The van der Waals surface area contributed by atoms with Gasteiger partial charge in [0.15, 0.2) is 5.75 Å². The van der Waals surface area contributed by atoms with E-state index in [0.717, 1.165) is 11.1 Å². The summed E-state index contributed by atoms with van der Waals surface area (Å²) in [6.07, 6.45) is 0. The number of halogens is 2. The maximum absolute atomic E-state index is 13.0. The molecule has 0 heterocycles. The molecular formula is C22H28Cl2N2O4S. The van der Waals surface area contributed by atoms with E-state index in [1.165, 1.54) is 6.07 Å². The van der Waals surface area contributed by atoms with Crippen LogP contribution in [0.25, 0.3) is 0 Å². The van der Waals surface area contributed by atoms with Gasteiger partial charge in [-0.1, -0.05) is 50.0 Å².